The molecule has 1 amide bonds. The maximum absolute atomic E-state index is 12.3. The fourth-order valence-corrected chi connectivity index (χ4v) is 2.30. The van der Waals surface area contributed by atoms with Crippen molar-refractivity contribution in [2.45, 2.75) is 12.8 Å². The molecule has 0 saturated heterocycles. The second-order valence-corrected chi connectivity index (χ2v) is 5.09. The first-order valence-electron chi connectivity index (χ1n) is 7.40. The van der Waals surface area contributed by atoms with Crippen molar-refractivity contribution in [2.24, 2.45) is 0 Å². The van der Waals surface area contributed by atoms with Crippen LogP contribution in [0.2, 0.25) is 0 Å². The Morgan fingerprint density at radius 1 is 1.13 bits per heavy atom. The van der Waals surface area contributed by atoms with Gasteiger partial charge in [0.2, 0.25) is 0 Å². The summed E-state index contributed by atoms with van der Waals surface area (Å²) in [5, 5.41) is 2.75. The molecule has 0 atom stereocenters. The molecule has 0 bridgehead atoms. The molecule has 0 spiro atoms. The van der Waals surface area contributed by atoms with E-state index in [9.17, 15) is 9.59 Å². The maximum atomic E-state index is 12.3. The summed E-state index contributed by atoms with van der Waals surface area (Å²) >= 11 is 0. The number of carbonyl (C=O) groups is 1. The molecule has 0 saturated carbocycles. The Hall–Kier alpha value is -3.02. The van der Waals surface area contributed by atoms with Crippen LogP contribution >= 0.6 is 0 Å². The molecule has 0 aliphatic heterocycles. The first kappa shape index (κ1) is 14.9. The summed E-state index contributed by atoms with van der Waals surface area (Å²) in [6, 6.07) is 11.0. The van der Waals surface area contributed by atoms with E-state index in [-0.39, 0.29) is 11.1 Å². The summed E-state index contributed by atoms with van der Waals surface area (Å²) in [5.41, 5.74) is 1.18. The zero-order chi connectivity index (χ0) is 16.1. The minimum Gasteiger partial charge on any atom is -0.352 e. The van der Waals surface area contributed by atoms with Crippen molar-refractivity contribution < 1.29 is 4.79 Å². The number of nitrogens with zero attached hydrogens (tertiary/aromatic N) is 3. The number of hydrogen-bond acceptors (Lipinski definition) is 4. The average Bonchev–Trinajstić information content (AvgIpc) is 2.60. The van der Waals surface area contributed by atoms with Crippen molar-refractivity contribution in [3.63, 3.8) is 0 Å². The fourth-order valence-electron chi connectivity index (χ4n) is 2.30. The topological polar surface area (TPSA) is 76.4 Å². The Morgan fingerprint density at radius 2 is 2.00 bits per heavy atom. The van der Waals surface area contributed by atoms with Crippen LogP contribution in [0.1, 0.15) is 22.5 Å². The highest BCUT2D eigenvalue weighted by Gasteiger charge is 2.12. The molecule has 6 heteroatoms. The van der Waals surface area contributed by atoms with E-state index in [0.717, 1.165) is 18.5 Å². The highest BCUT2D eigenvalue weighted by Crippen LogP contribution is 1.99. The van der Waals surface area contributed by atoms with Gasteiger partial charge in [0.1, 0.15) is 11.2 Å². The molecule has 6 nitrogen and oxygen atoms in total. The highest BCUT2D eigenvalue weighted by molar-refractivity contribution is 5.93. The largest absolute Gasteiger partial charge is 0.352 e. The van der Waals surface area contributed by atoms with Crippen LogP contribution in [0.5, 0.6) is 0 Å². The van der Waals surface area contributed by atoms with E-state index in [0.29, 0.717) is 12.2 Å². The molecule has 0 fully saturated rings. The molecular formula is C17H16N4O2. The second kappa shape index (κ2) is 6.83. The number of aromatic nitrogens is 3. The van der Waals surface area contributed by atoms with E-state index in [1.165, 1.54) is 10.6 Å². The number of hydrogen-bond donors (Lipinski definition) is 1. The lowest BCUT2D eigenvalue weighted by Crippen LogP contribution is -2.32. The van der Waals surface area contributed by atoms with E-state index in [1.54, 1.807) is 30.6 Å². The van der Waals surface area contributed by atoms with Gasteiger partial charge in [-0.1, -0.05) is 12.1 Å². The molecule has 3 heterocycles. The molecule has 3 aromatic rings. The van der Waals surface area contributed by atoms with Gasteiger partial charge in [0.15, 0.2) is 0 Å². The smallest absolute Gasteiger partial charge is 0.270 e. The summed E-state index contributed by atoms with van der Waals surface area (Å²) < 4.78 is 1.36. The van der Waals surface area contributed by atoms with Crippen molar-refractivity contribution >= 4 is 11.6 Å². The predicted molar refractivity (Wildman–Crippen MR) is 86.4 cm³/mol. The standard InChI is InChI=1S/C17H16N4O2/c22-16(19-10-5-7-13-6-1-3-9-18-13)14-12-20-15-8-2-4-11-21(15)17(14)23/h1-4,6,8-9,11-12H,5,7,10H2,(H,19,22). The zero-order valence-corrected chi connectivity index (χ0v) is 12.5. The molecule has 3 rings (SSSR count). The van der Waals surface area contributed by atoms with Crippen molar-refractivity contribution in [2.75, 3.05) is 6.54 Å². The van der Waals surface area contributed by atoms with Gasteiger partial charge < -0.3 is 5.32 Å². The lowest BCUT2D eigenvalue weighted by molar-refractivity contribution is 0.0951. The molecule has 23 heavy (non-hydrogen) atoms. The predicted octanol–water partition coefficient (Wildman–Crippen LogP) is 1.45. The molecule has 116 valence electrons. The number of carbonyl (C=O) groups excluding carboxylic acids is 1. The number of rotatable bonds is 5. The molecule has 0 aliphatic rings. The summed E-state index contributed by atoms with van der Waals surface area (Å²) in [7, 11) is 0. The van der Waals surface area contributed by atoms with Crippen LogP contribution in [0, 0.1) is 0 Å². The van der Waals surface area contributed by atoms with Gasteiger partial charge in [-0.05, 0) is 37.1 Å². The molecular weight excluding hydrogens is 292 g/mol. The highest BCUT2D eigenvalue weighted by atomic mass is 16.2. The van der Waals surface area contributed by atoms with Gasteiger partial charge in [-0.3, -0.25) is 19.0 Å². The van der Waals surface area contributed by atoms with Crippen LogP contribution in [0.25, 0.3) is 5.65 Å². The lowest BCUT2D eigenvalue weighted by Gasteiger charge is -2.06. The molecule has 3 aromatic heterocycles. The Bertz CT molecular complexity index is 874. The summed E-state index contributed by atoms with van der Waals surface area (Å²) in [6.07, 6.45) is 6.20. The third-order valence-electron chi connectivity index (χ3n) is 3.48. The average molecular weight is 308 g/mol. The SMILES string of the molecule is O=C(NCCCc1ccccn1)c1cnc2ccccn2c1=O. The zero-order valence-electron chi connectivity index (χ0n) is 12.5. The molecule has 0 radical (unpaired) electrons. The van der Waals surface area contributed by atoms with Gasteiger partial charge in [-0.15, -0.1) is 0 Å². The number of aryl methyl sites for hydroxylation is 1. The van der Waals surface area contributed by atoms with E-state index < -0.39 is 5.91 Å². The van der Waals surface area contributed by atoms with Gasteiger partial charge in [0.25, 0.3) is 11.5 Å². The molecule has 0 unspecified atom stereocenters. The summed E-state index contributed by atoms with van der Waals surface area (Å²) in [4.78, 5) is 32.8. The summed E-state index contributed by atoms with van der Waals surface area (Å²) in [5.74, 6) is -0.401. The normalized spacial score (nSPS) is 10.6. The number of amides is 1. The third-order valence-corrected chi connectivity index (χ3v) is 3.48. The maximum Gasteiger partial charge on any atom is 0.270 e. The van der Waals surface area contributed by atoms with Crippen molar-refractivity contribution in [1.82, 2.24) is 19.7 Å². The van der Waals surface area contributed by atoms with Crippen molar-refractivity contribution in [3.8, 4) is 0 Å². The van der Waals surface area contributed by atoms with Crippen LogP contribution in [-0.2, 0) is 6.42 Å². The first-order valence-corrected chi connectivity index (χ1v) is 7.40. The van der Waals surface area contributed by atoms with Gasteiger partial charge in [0, 0.05) is 30.8 Å². The van der Waals surface area contributed by atoms with E-state index in [2.05, 4.69) is 15.3 Å². The first-order chi connectivity index (χ1) is 11.3. The fraction of sp³-hybridized carbons (Fsp3) is 0.176. The van der Waals surface area contributed by atoms with E-state index in [4.69, 9.17) is 0 Å². The van der Waals surface area contributed by atoms with Crippen LogP contribution in [0.15, 0.2) is 59.8 Å². The van der Waals surface area contributed by atoms with Gasteiger partial charge in [-0.2, -0.15) is 0 Å². The van der Waals surface area contributed by atoms with E-state index >= 15 is 0 Å². The number of pyridine rings is 2. The third kappa shape index (κ3) is 3.42. The van der Waals surface area contributed by atoms with Crippen LogP contribution in [0.4, 0.5) is 0 Å². The Labute approximate surface area is 132 Å². The van der Waals surface area contributed by atoms with Crippen LogP contribution in [0.3, 0.4) is 0 Å². The van der Waals surface area contributed by atoms with Crippen LogP contribution in [-0.4, -0.2) is 26.8 Å². The minimum absolute atomic E-state index is 0.0477. The Kier molecular flexibility index (Phi) is 4.42. The van der Waals surface area contributed by atoms with Gasteiger partial charge >= 0.3 is 0 Å². The van der Waals surface area contributed by atoms with Gasteiger partial charge in [0.05, 0.1) is 0 Å². The number of nitrogens with one attached hydrogen (secondary N) is 1. The second-order valence-electron chi connectivity index (χ2n) is 5.09. The monoisotopic (exact) mass is 308 g/mol. The van der Waals surface area contributed by atoms with Gasteiger partial charge in [-0.25, -0.2) is 4.98 Å². The lowest BCUT2D eigenvalue weighted by atomic mass is 10.2. The number of fused-ring (bicyclic) bond motifs is 1. The van der Waals surface area contributed by atoms with Crippen molar-refractivity contribution in [1.29, 1.82) is 0 Å². The summed E-state index contributed by atoms with van der Waals surface area (Å²) in [6.45, 7) is 0.479. The Morgan fingerprint density at radius 3 is 2.83 bits per heavy atom. The molecule has 1 N–H and O–H groups in total. The minimum atomic E-state index is -0.401. The van der Waals surface area contributed by atoms with Crippen LogP contribution < -0.4 is 10.9 Å². The van der Waals surface area contributed by atoms with Crippen molar-refractivity contribution in [3.05, 3.63) is 76.6 Å². The Balaban J connectivity index is 1.62. The molecule has 0 aliphatic carbocycles. The van der Waals surface area contributed by atoms with E-state index in [1.807, 2.05) is 18.2 Å². The molecule has 0 aromatic carbocycles. The quantitative estimate of drug-likeness (QED) is 0.724.